The molecule has 0 spiro atoms. The van der Waals surface area contributed by atoms with Crippen LogP contribution in [-0.2, 0) is 4.79 Å². The summed E-state index contributed by atoms with van der Waals surface area (Å²) in [7, 11) is 0. The van der Waals surface area contributed by atoms with Crippen molar-refractivity contribution in [1.82, 2.24) is 15.3 Å². The van der Waals surface area contributed by atoms with Crippen molar-refractivity contribution < 1.29 is 14.0 Å². The molecule has 2 amide bonds. The molecule has 1 aromatic carbocycles. The van der Waals surface area contributed by atoms with Gasteiger partial charge in [-0.05, 0) is 60.4 Å². The van der Waals surface area contributed by atoms with Crippen LogP contribution in [0.1, 0.15) is 49.1 Å². The largest absolute Gasteiger partial charge is 0.443 e. The van der Waals surface area contributed by atoms with E-state index in [1.807, 2.05) is 18.2 Å². The number of imide groups is 1. The lowest BCUT2D eigenvalue weighted by Gasteiger charge is -2.22. The Balaban J connectivity index is 1.48. The summed E-state index contributed by atoms with van der Waals surface area (Å²) in [4.78, 5) is 32.4. The minimum Gasteiger partial charge on any atom is -0.443 e. The molecule has 0 bridgehead atoms. The Morgan fingerprint density at radius 2 is 1.97 bits per heavy atom. The summed E-state index contributed by atoms with van der Waals surface area (Å²) in [5.74, 6) is 0.135. The van der Waals surface area contributed by atoms with Gasteiger partial charge in [0.25, 0.3) is 11.1 Å². The molecule has 5 rings (SSSR count). The van der Waals surface area contributed by atoms with E-state index < -0.39 is 0 Å². The standard InChI is InChI=1S/C22H19N3O3S/c26-21-19(29-22(27)25-21)8-13-6-7-17(23-11-13)15-9-16(14-4-2-1-3-5-14)20-18(10-15)24-12-28-20/h6-12,14H,1-5H2,(H,25,26,27). The first kappa shape index (κ1) is 18.1. The maximum absolute atomic E-state index is 11.7. The zero-order valence-corrected chi connectivity index (χ0v) is 16.5. The van der Waals surface area contributed by atoms with Crippen LogP contribution >= 0.6 is 11.8 Å². The lowest BCUT2D eigenvalue weighted by atomic mass is 9.83. The maximum atomic E-state index is 11.7. The van der Waals surface area contributed by atoms with Crippen LogP contribution in [-0.4, -0.2) is 21.1 Å². The van der Waals surface area contributed by atoms with E-state index in [2.05, 4.69) is 21.4 Å². The van der Waals surface area contributed by atoms with Crippen molar-refractivity contribution in [3.05, 3.63) is 52.9 Å². The van der Waals surface area contributed by atoms with E-state index in [0.717, 1.165) is 39.7 Å². The second kappa shape index (κ2) is 7.48. The Kier molecular flexibility index (Phi) is 4.67. The van der Waals surface area contributed by atoms with E-state index in [0.29, 0.717) is 10.8 Å². The molecule has 3 aromatic rings. The van der Waals surface area contributed by atoms with Crippen LogP contribution in [0, 0.1) is 0 Å². The number of carbonyl (C=O) groups excluding carboxylic acids is 2. The molecule has 0 unspecified atom stereocenters. The summed E-state index contributed by atoms with van der Waals surface area (Å²) in [6.45, 7) is 0. The van der Waals surface area contributed by atoms with E-state index >= 15 is 0 Å². The Morgan fingerprint density at radius 1 is 1.10 bits per heavy atom. The third kappa shape index (κ3) is 3.58. The van der Waals surface area contributed by atoms with Gasteiger partial charge in [0.15, 0.2) is 12.0 Å². The first-order chi connectivity index (χ1) is 14.2. The number of amides is 2. The van der Waals surface area contributed by atoms with Crippen LogP contribution in [0.15, 0.2) is 46.2 Å². The summed E-state index contributed by atoms with van der Waals surface area (Å²) in [6, 6.07) is 8.02. The minimum absolute atomic E-state index is 0.345. The highest BCUT2D eigenvalue weighted by Crippen LogP contribution is 2.38. The summed E-state index contributed by atoms with van der Waals surface area (Å²) < 4.78 is 5.70. The third-order valence-corrected chi connectivity index (χ3v) is 6.34. The highest BCUT2D eigenvalue weighted by Gasteiger charge is 2.25. The minimum atomic E-state index is -0.363. The fourth-order valence-corrected chi connectivity index (χ4v) is 4.78. The molecule has 1 saturated carbocycles. The molecule has 146 valence electrons. The van der Waals surface area contributed by atoms with Gasteiger partial charge in [0, 0.05) is 17.3 Å². The zero-order valence-electron chi connectivity index (χ0n) is 15.7. The number of fused-ring (bicyclic) bond motifs is 1. The second-order valence-electron chi connectivity index (χ2n) is 7.43. The Hall–Kier alpha value is -2.93. The average molecular weight is 405 g/mol. The van der Waals surface area contributed by atoms with Crippen molar-refractivity contribution in [2.45, 2.75) is 38.0 Å². The number of rotatable bonds is 3. The highest BCUT2D eigenvalue weighted by atomic mass is 32.2. The van der Waals surface area contributed by atoms with Crippen molar-refractivity contribution in [2.24, 2.45) is 0 Å². The fourth-order valence-electron chi connectivity index (χ4n) is 4.09. The van der Waals surface area contributed by atoms with Crippen LogP contribution in [0.2, 0.25) is 0 Å². The topological polar surface area (TPSA) is 85.1 Å². The molecule has 29 heavy (non-hydrogen) atoms. The predicted molar refractivity (Wildman–Crippen MR) is 112 cm³/mol. The SMILES string of the molecule is O=C1NC(=O)C(=Cc2ccc(-c3cc(C4CCCCC4)c4ocnc4c3)nc2)S1. The van der Waals surface area contributed by atoms with Gasteiger partial charge in [-0.2, -0.15) is 0 Å². The summed E-state index contributed by atoms with van der Waals surface area (Å²) >= 11 is 0.904. The number of nitrogens with one attached hydrogen (secondary N) is 1. The molecule has 7 heteroatoms. The second-order valence-corrected chi connectivity index (χ2v) is 8.44. The van der Waals surface area contributed by atoms with Gasteiger partial charge >= 0.3 is 0 Å². The molecule has 3 heterocycles. The van der Waals surface area contributed by atoms with Crippen LogP contribution in [0.3, 0.4) is 0 Å². The van der Waals surface area contributed by atoms with Crippen molar-refractivity contribution in [3.8, 4) is 11.3 Å². The van der Waals surface area contributed by atoms with Gasteiger partial charge < -0.3 is 4.42 Å². The fraction of sp³-hybridized carbons (Fsp3) is 0.273. The van der Waals surface area contributed by atoms with Crippen LogP contribution in [0.4, 0.5) is 4.79 Å². The number of oxazole rings is 1. The summed E-state index contributed by atoms with van der Waals surface area (Å²) in [6.07, 6.45) is 11.1. The van der Waals surface area contributed by atoms with Gasteiger partial charge in [0.1, 0.15) is 5.52 Å². The van der Waals surface area contributed by atoms with Gasteiger partial charge in [0.05, 0.1) is 10.6 Å². The number of carbonyl (C=O) groups is 2. The number of benzene rings is 1. The van der Waals surface area contributed by atoms with Gasteiger partial charge in [0.2, 0.25) is 0 Å². The molecule has 1 N–H and O–H groups in total. The quantitative estimate of drug-likeness (QED) is 0.598. The average Bonchev–Trinajstić information content (AvgIpc) is 3.34. The van der Waals surface area contributed by atoms with Gasteiger partial charge in [-0.15, -0.1) is 0 Å². The molecule has 2 fully saturated rings. The number of nitrogens with zero attached hydrogens (tertiary/aromatic N) is 2. The normalized spacial score (nSPS) is 19.2. The molecule has 1 aliphatic carbocycles. The number of thioether (sulfide) groups is 1. The first-order valence-electron chi connectivity index (χ1n) is 9.76. The number of hydrogen-bond donors (Lipinski definition) is 1. The molecule has 0 atom stereocenters. The third-order valence-electron chi connectivity index (χ3n) is 5.53. The van der Waals surface area contributed by atoms with Crippen LogP contribution < -0.4 is 5.32 Å². The van der Waals surface area contributed by atoms with Crippen LogP contribution in [0.5, 0.6) is 0 Å². The maximum Gasteiger partial charge on any atom is 0.290 e. The Labute approximate surface area is 171 Å². The zero-order chi connectivity index (χ0) is 19.8. The van der Waals surface area contributed by atoms with Crippen LogP contribution in [0.25, 0.3) is 28.4 Å². The van der Waals surface area contributed by atoms with Crippen molar-refractivity contribution >= 4 is 40.1 Å². The summed E-state index contributed by atoms with van der Waals surface area (Å²) in [5, 5.41) is 1.91. The van der Waals surface area contributed by atoms with Crippen molar-refractivity contribution in [2.75, 3.05) is 0 Å². The first-order valence-corrected chi connectivity index (χ1v) is 10.6. The number of hydrogen-bond acceptors (Lipinski definition) is 6. The monoisotopic (exact) mass is 405 g/mol. The molecule has 1 saturated heterocycles. The highest BCUT2D eigenvalue weighted by molar-refractivity contribution is 8.18. The molecule has 2 aromatic heterocycles. The van der Waals surface area contributed by atoms with Crippen molar-refractivity contribution in [3.63, 3.8) is 0 Å². The van der Waals surface area contributed by atoms with E-state index in [4.69, 9.17) is 4.42 Å². The number of pyridine rings is 1. The van der Waals surface area contributed by atoms with Crippen molar-refractivity contribution in [1.29, 1.82) is 0 Å². The van der Waals surface area contributed by atoms with Gasteiger partial charge in [-0.25, -0.2) is 4.98 Å². The van der Waals surface area contributed by atoms with E-state index in [1.165, 1.54) is 44.1 Å². The molecule has 6 nitrogen and oxygen atoms in total. The lowest BCUT2D eigenvalue weighted by molar-refractivity contribution is -0.115. The Bertz CT molecular complexity index is 1130. The van der Waals surface area contributed by atoms with Gasteiger partial charge in [-0.3, -0.25) is 19.9 Å². The van der Waals surface area contributed by atoms with E-state index in [1.54, 1.807) is 12.3 Å². The molecular weight excluding hydrogens is 386 g/mol. The molecular formula is C22H19N3O3S. The van der Waals surface area contributed by atoms with E-state index in [-0.39, 0.29) is 11.1 Å². The summed E-state index contributed by atoms with van der Waals surface area (Å²) in [5.41, 5.74) is 5.59. The smallest absolute Gasteiger partial charge is 0.290 e. The molecule has 2 aliphatic rings. The Morgan fingerprint density at radius 3 is 2.69 bits per heavy atom. The lowest BCUT2D eigenvalue weighted by Crippen LogP contribution is -2.17. The van der Waals surface area contributed by atoms with Gasteiger partial charge in [-0.1, -0.05) is 25.3 Å². The molecule has 1 aliphatic heterocycles. The van der Waals surface area contributed by atoms with E-state index in [9.17, 15) is 9.59 Å². The number of aromatic nitrogens is 2. The molecule has 0 radical (unpaired) electrons. The predicted octanol–water partition coefficient (Wildman–Crippen LogP) is 5.26.